The highest BCUT2D eigenvalue weighted by atomic mass is 35.5. The van der Waals surface area contributed by atoms with Crippen molar-refractivity contribution >= 4 is 39.7 Å². The maximum atomic E-state index is 13.1. The van der Waals surface area contributed by atoms with Crippen molar-refractivity contribution in [1.29, 1.82) is 0 Å². The minimum absolute atomic E-state index is 0.128. The Bertz CT molecular complexity index is 1340. The lowest BCUT2D eigenvalue weighted by Crippen LogP contribution is -2.33. The normalized spacial score (nSPS) is 11.0. The van der Waals surface area contributed by atoms with E-state index in [1.54, 1.807) is 28.5 Å². The lowest BCUT2D eigenvalue weighted by molar-refractivity contribution is 0.0733. The van der Waals surface area contributed by atoms with Gasteiger partial charge < -0.3 is 14.6 Å². The summed E-state index contributed by atoms with van der Waals surface area (Å²) < 4.78 is 18.6. The zero-order valence-electron chi connectivity index (χ0n) is 17.7. The van der Waals surface area contributed by atoms with Crippen LogP contribution in [-0.2, 0) is 13.2 Å². The molecule has 0 aliphatic heterocycles. The number of nitrogens with one attached hydrogen (secondary N) is 1. The molecule has 0 bridgehead atoms. The van der Waals surface area contributed by atoms with E-state index in [0.29, 0.717) is 39.1 Å². The van der Waals surface area contributed by atoms with Crippen molar-refractivity contribution < 1.29 is 13.9 Å². The highest BCUT2D eigenvalue weighted by Crippen LogP contribution is 2.18. The minimum atomic E-state index is -0.342. The molecule has 0 saturated heterocycles. The van der Waals surface area contributed by atoms with E-state index in [0.717, 1.165) is 6.42 Å². The van der Waals surface area contributed by atoms with Gasteiger partial charge in [-0.15, -0.1) is 11.3 Å². The van der Waals surface area contributed by atoms with Gasteiger partial charge in [-0.1, -0.05) is 18.5 Å². The Labute approximate surface area is 197 Å². The molecule has 0 radical (unpaired) electrons. The van der Waals surface area contributed by atoms with Crippen molar-refractivity contribution in [3.63, 3.8) is 0 Å². The molecule has 2 aromatic carbocycles. The Kier molecular flexibility index (Phi) is 7.00. The molecule has 33 heavy (non-hydrogen) atoms. The van der Waals surface area contributed by atoms with E-state index in [1.165, 1.54) is 35.6 Å². The third-order valence-electron chi connectivity index (χ3n) is 4.79. The van der Waals surface area contributed by atoms with Gasteiger partial charge in [-0.3, -0.25) is 9.59 Å². The Morgan fingerprint density at radius 3 is 2.76 bits per heavy atom. The number of carbonyl (C=O) groups excluding carboxylic acids is 1. The molecule has 7 nitrogen and oxygen atoms in total. The van der Waals surface area contributed by atoms with Crippen LogP contribution in [0.15, 0.2) is 52.6 Å². The van der Waals surface area contributed by atoms with Gasteiger partial charge in [0, 0.05) is 16.9 Å². The van der Waals surface area contributed by atoms with Crippen molar-refractivity contribution in [2.45, 2.75) is 26.5 Å². The number of benzene rings is 2. The molecule has 0 unspecified atom stereocenters. The van der Waals surface area contributed by atoms with Crippen molar-refractivity contribution in [1.82, 2.24) is 19.9 Å². The number of ether oxygens (including phenoxy) is 1. The Hall–Kier alpha value is -3.30. The van der Waals surface area contributed by atoms with Gasteiger partial charge in [-0.2, -0.15) is 0 Å². The average Bonchev–Trinajstić information content (AvgIpc) is 3.27. The van der Waals surface area contributed by atoms with E-state index in [1.807, 2.05) is 6.92 Å². The van der Waals surface area contributed by atoms with Crippen LogP contribution in [0, 0.1) is 5.82 Å². The number of fused-ring (bicyclic) bond motifs is 1. The molecule has 4 aromatic rings. The van der Waals surface area contributed by atoms with Gasteiger partial charge in [-0.05, 0) is 48.9 Å². The molecule has 1 N–H and O–H groups in total. The lowest BCUT2D eigenvalue weighted by Gasteiger charge is -2.20. The molecule has 10 heteroatoms. The molecule has 0 fully saturated rings. The van der Waals surface area contributed by atoms with Crippen LogP contribution in [0.2, 0.25) is 5.02 Å². The van der Waals surface area contributed by atoms with Crippen LogP contribution >= 0.6 is 22.9 Å². The molecular formula is C23H20ClFN4O3S. The number of aromatic amines is 1. The van der Waals surface area contributed by atoms with Gasteiger partial charge in [0.1, 0.15) is 34.7 Å². The molecule has 2 aromatic heterocycles. The van der Waals surface area contributed by atoms with Gasteiger partial charge in [0.25, 0.3) is 11.5 Å². The fourth-order valence-electron chi connectivity index (χ4n) is 3.25. The highest BCUT2D eigenvalue weighted by molar-refractivity contribution is 7.09. The van der Waals surface area contributed by atoms with Gasteiger partial charge in [-0.25, -0.2) is 14.4 Å². The molecule has 1 amide bonds. The van der Waals surface area contributed by atoms with E-state index in [2.05, 4.69) is 15.0 Å². The maximum Gasteiger partial charge on any atom is 0.273 e. The fourth-order valence-corrected chi connectivity index (χ4v) is 4.10. The summed E-state index contributed by atoms with van der Waals surface area (Å²) in [7, 11) is 0. The number of aromatic nitrogens is 3. The summed E-state index contributed by atoms with van der Waals surface area (Å²) in [5.41, 5.74) is 0.473. The molecule has 0 aliphatic carbocycles. The molecule has 2 heterocycles. The van der Waals surface area contributed by atoms with Crippen LogP contribution in [-0.4, -0.2) is 32.3 Å². The molecular weight excluding hydrogens is 467 g/mol. The Morgan fingerprint density at radius 2 is 2.00 bits per heavy atom. The second kappa shape index (κ2) is 10.1. The van der Waals surface area contributed by atoms with E-state index in [-0.39, 0.29) is 36.1 Å². The monoisotopic (exact) mass is 486 g/mol. The number of nitrogens with zero attached hydrogens (tertiary/aromatic N) is 3. The summed E-state index contributed by atoms with van der Waals surface area (Å²) in [5, 5.41) is 3.20. The van der Waals surface area contributed by atoms with Crippen LogP contribution in [0.3, 0.4) is 0 Å². The predicted molar refractivity (Wildman–Crippen MR) is 125 cm³/mol. The van der Waals surface area contributed by atoms with Crippen molar-refractivity contribution in [2.24, 2.45) is 0 Å². The van der Waals surface area contributed by atoms with E-state index >= 15 is 0 Å². The molecule has 0 spiro atoms. The van der Waals surface area contributed by atoms with Crippen LogP contribution in [0.4, 0.5) is 4.39 Å². The second-order valence-electron chi connectivity index (χ2n) is 7.27. The van der Waals surface area contributed by atoms with Crippen LogP contribution in [0.25, 0.3) is 10.9 Å². The summed E-state index contributed by atoms with van der Waals surface area (Å²) in [6.45, 7) is 2.72. The van der Waals surface area contributed by atoms with Crippen LogP contribution in [0.5, 0.6) is 5.75 Å². The third kappa shape index (κ3) is 5.55. The first-order valence-electron chi connectivity index (χ1n) is 10.2. The summed E-state index contributed by atoms with van der Waals surface area (Å²) >= 11 is 7.33. The summed E-state index contributed by atoms with van der Waals surface area (Å²) in [6.07, 6.45) is 0.722. The third-order valence-corrected chi connectivity index (χ3v) is 5.84. The predicted octanol–water partition coefficient (Wildman–Crippen LogP) is 4.80. The summed E-state index contributed by atoms with van der Waals surface area (Å²) in [5.74, 6) is 0.269. The second-order valence-corrected chi connectivity index (χ2v) is 8.65. The molecule has 170 valence electrons. The Morgan fingerprint density at radius 1 is 1.21 bits per heavy atom. The quantitative estimate of drug-likeness (QED) is 0.386. The fraction of sp³-hybridized carbons (Fsp3) is 0.217. The van der Waals surface area contributed by atoms with Gasteiger partial charge in [0.05, 0.1) is 17.4 Å². The highest BCUT2D eigenvalue weighted by Gasteiger charge is 2.20. The zero-order valence-corrected chi connectivity index (χ0v) is 19.3. The van der Waals surface area contributed by atoms with E-state index in [4.69, 9.17) is 16.3 Å². The number of rotatable bonds is 8. The lowest BCUT2D eigenvalue weighted by atomic mass is 10.2. The average molecular weight is 487 g/mol. The molecule has 0 atom stereocenters. The SMILES string of the molecule is CCCN(Cc1nc2cc(Cl)ccc2c(=O)[nH]1)C(=O)c1csc(COc2ccc(F)cc2)n1. The number of halogens is 2. The number of hydrogen-bond acceptors (Lipinski definition) is 6. The summed E-state index contributed by atoms with van der Waals surface area (Å²) in [6, 6.07) is 10.6. The molecule has 0 aliphatic rings. The van der Waals surface area contributed by atoms with E-state index in [9.17, 15) is 14.0 Å². The number of hydrogen-bond donors (Lipinski definition) is 1. The van der Waals surface area contributed by atoms with Crippen molar-refractivity contribution in [3.8, 4) is 5.75 Å². The number of thiazole rings is 1. The molecule has 0 saturated carbocycles. The van der Waals surface area contributed by atoms with Gasteiger partial charge in [0.15, 0.2) is 0 Å². The Balaban J connectivity index is 1.49. The maximum absolute atomic E-state index is 13.1. The zero-order chi connectivity index (χ0) is 23.4. The van der Waals surface area contributed by atoms with Crippen molar-refractivity contribution in [3.05, 3.63) is 85.6 Å². The first-order chi connectivity index (χ1) is 15.9. The first kappa shape index (κ1) is 22.9. The van der Waals surface area contributed by atoms with Gasteiger partial charge >= 0.3 is 0 Å². The topological polar surface area (TPSA) is 88.2 Å². The van der Waals surface area contributed by atoms with Crippen LogP contribution < -0.4 is 10.3 Å². The molecule has 4 rings (SSSR count). The van der Waals surface area contributed by atoms with E-state index < -0.39 is 0 Å². The van der Waals surface area contributed by atoms with Crippen molar-refractivity contribution in [2.75, 3.05) is 6.54 Å². The number of amides is 1. The number of carbonyl (C=O) groups is 1. The smallest absolute Gasteiger partial charge is 0.273 e. The largest absolute Gasteiger partial charge is 0.486 e. The summed E-state index contributed by atoms with van der Waals surface area (Å²) in [4.78, 5) is 38.7. The van der Waals surface area contributed by atoms with Crippen LogP contribution in [0.1, 0.15) is 34.7 Å². The van der Waals surface area contributed by atoms with Gasteiger partial charge in [0.2, 0.25) is 0 Å². The number of H-pyrrole nitrogens is 1. The minimum Gasteiger partial charge on any atom is -0.486 e. The standard InChI is InChI=1S/C23H20ClFN4O3S/c1-2-9-29(11-20-26-18-10-14(24)3-8-17(18)22(30)28-20)23(31)19-13-33-21(27-19)12-32-16-6-4-15(25)5-7-16/h3-8,10,13H,2,9,11-12H2,1H3,(H,26,28,30). The first-order valence-corrected chi connectivity index (χ1v) is 11.5.